The Bertz CT molecular complexity index is 3770. The SMILES string of the molecule is C.CCN(CC)CC.CCN(CC)CC.CCN(CC)CC.CCNC(=O)C(C(=O)Cl)C(=O)NC.CCNC(=O)C(C(=O)NC)(C(=O)NS(=O)(=O)O)C(=O)NS(=O)(=O)O.CCNC(=O)C(C(=O)NC)C(=O)NS(=O)(=O)O.CCNC(=O)C(C(=O)O)C(=O)NC.NCN.NS(=O)(=O)O.O=C1OC(=O)C12C(=O)OC2=O.O=CCl.O=CNS(=O)(=O)O.O=CO.O=S(Cl)Cl. The van der Waals surface area contributed by atoms with Crippen LogP contribution >= 0.6 is 44.6 Å². The molecule has 12 amide bonds. The van der Waals surface area contributed by atoms with E-state index in [1.54, 1.807) is 26.1 Å². The molecule has 125 heavy (non-hydrogen) atoms. The first-order valence-corrected chi connectivity index (χ1v) is 44.8. The van der Waals surface area contributed by atoms with E-state index in [1.807, 2.05) is 10.6 Å². The maximum Gasteiger partial charge on any atom is 0.359 e. The first-order valence-electron chi connectivity index (χ1n) is 33.9. The van der Waals surface area contributed by atoms with Crippen LogP contribution in [0.5, 0.6) is 0 Å². The van der Waals surface area contributed by atoms with Crippen molar-refractivity contribution in [3.05, 3.63) is 0 Å². The molecule has 736 valence electrons. The van der Waals surface area contributed by atoms with Crippen molar-refractivity contribution in [3.8, 4) is 0 Å². The van der Waals surface area contributed by atoms with E-state index in [2.05, 4.69) is 163 Å². The molecule has 3 unspecified atom stereocenters. The van der Waals surface area contributed by atoms with Gasteiger partial charge in [-0.1, -0.05) is 69.7 Å². The van der Waals surface area contributed by atoms with Crippen LogP contribution in [0, 0.1) is 28.6 Å². The minimum absolute atomic E-state index is 0. The maximum atomic E-state index is 12.1. The minimum Gasteiger partial charge on any atom is -0.483 e. The number of nitrogens with zero attached hydrogens (tertiary/aromatic N) is 3. The van der Waals surface area contributed by atoms with Crippen molar-refractivity contribution >= 4 is 224 Å². The Morgan fingerprint density at radius 1 is 0.448 bits per heavy atom. The summed E-state index contributed by atoms with van der Waals surface area (Å²) in [7, 11) is -11.9. The van der Waals surface area contributed by atoms with Crippen LogP contribution in [-0.4, -0.2) is 333 Å². The fraction of sp³-hybridized carbons (Fsp3) is 0.649. The van der Waals surface area contributed by atoms with E-state index in [0.717, 1.165) is 25.9 Å². The smallest absolute Gasteiger partial charge is 0.359 e. The molecule has 25 N–H and O–H groups in total. The molecule has 0 aromatic carbocycles. The lowest BCUT2D eigenvalue weighted by Gasteiger charge is -2.36. The summed E-state index contributed by atoms with van der Waals surface area (Å²) in [5.74, 6) is -25.0. The van der Waals surface area contributed by atoms with Crippen LogP contribution in [0.3, 0.4) is 0 Å². The summed E-state index contributed by atoms with van der Waals surface area (Å²) in [6, 6.07) is 0. The van der Waals surface area contributed by atoms with Gasteiger partial charge in [0, 0.05) is 82.4 Å². The van der Waals surface area contributed by atoms with Crippen LogP contribution in [-0.2, 0) is 166 Å². The molecule has 0 bridgehead atoms. The van der Waals surface area contributed by atoms with Crippen molar-refractivity contribution in [1.29, 1.82) is 0 Å². The van der Waals surface area contributed by atoms with E-state index in [0.29, 0.717) is 13.1 Å². The number of hydrogen-bond donors (Lipinski definition) is 22. The molecule has 1 spiro atoms. The third-order valence-electron chi connectivity index (χ3n) is 12.5. The minimum atomic E-state index is -5.33. The van der Waals surface area contributed by atoms with Crippen molar-refractivity contribution in [2.24, 2.45) is 45.2 Å². The molecule has 2 saturated heterocycles. The Morgan fingerprint density at radius 2 is 0.672 bits per heavy atom. The van der Waals surface area contributed by atoms with Gasteiger partial charge >= 0.3 is 86.8 Å². The Balaban J connectivity index is -0.000000102. The number of esters is 4. The number of aliphatic carboxylic acids is 1. The molecule has 0 aromatic heterocycles. The number of carbonyl (C=O) groups is 20. The molecule has 0 saturated carbocycles. The van der Waals surface area contributed by atoms with E-state index in [4.69, 9.17) is 66.8 Å². The van der Waals surface area contributed by atoms with Crippen LogP contribution in [0.15, 0.2) is 0 Å². The Hall–Kier alpha value is -9.18. The maximum absolute atomic E-state index is 12.1. The Morgan fingerprint density at radius 3 is 0.824 bits per heavy atom. The number of cyclic esters (lactones) is 4. The van der Waals surface area contributed by atoms with Gasteiger partial charge in [0.25, 0.3) is 41.4 Å². The summed E-state index contributed by atoms with van der Waals surface area (Å²) >= 11 is 9.41. The normalized spacial score (nSPS) is 12.0. The summed E-state index contributed by atoms with van der Waals surface area (Å²) in [5, 5.41) is 35.0. The highest BCUT2D eigenvalue weighted by Crippen LogP contribution is 2.40. The van der Waals surface area contributed by atoms with Gasteiger partial charge in [-0.05, 0) is 110 Å². The van der Waals surface area contributed by atoms with Crippen LogP contribution in [0.25, 0.3) is 0 Å². The second kappa shape index (κ2) is 80.6. The van der Waals surface area contributed by atoms with E-state index >= 15 is 0 Å². The van der Waals surface area contributed by atoms with E-state index in [1.165, 1.54) is 87.0 Å². The van der Waals surface area contributed by atoms with Crippen molar-refractivity contribution in [1.82, 2.24) is 76.1 Å². The van der Waals surface area contributed by atoms with Crippen LogP contribution < -0.4 is 78.0 Å². The number of amides is 12. The fourth-order valence-electron chi connectivity index (χ4n) is 6.92. The zero-order chi connectivity index (χ0) is 101. The molecule has 0 radical (unpaired) electrons. The van der Waals surface area contributed by atoms with Gasteiger partial charge in [-0.2, -0.15) is 42.1 Å². The average molecular weight is 2030 g/mol. The molecule has 2 aliphatic heterocycles. The lowest BCUT2D eigenvalue weighted by Crippen LogP contribution is -2.71. The summed E-state index contributed by atoms with van der Waals surface area (Å²) < 4.78 is 162. The number of hydrogen-bond acceptors (Lipinski definition) is 38. The number of carbonyl (C=O) groups excluding carboxylic acids is 18. The molecule has 2 fully saturated rings. The first-order chi connectivity index (χ1) is 56.7. The predicted octanol–water partition coefficient (Wildman–Crippen LogP) is -8.96. The van der Waals surface area contributed by atoms with E-state index in [-0.39, 0.29) is 45.8 Å². The molecule has 2 heterocycles. The lowest BCUT2D eigenvalue weighted by molar-refractivity contribution is -0.224. The zero-order valence-corrected chi connectivity index (χ0v) is 77.4. The number of rotatable bonds is 31. The molecular formula is C57H114Cl4N18O40S6. The van der Waals surface area contributed by atoms with Gasteiger partial charge in [0.05, 0.1) is 0 Å². The number of nitrogens with two attached hydrogens (primary N) is 3. The van der Waals surface area contributed by atoms with Crippen molar-refractivity contribution in [2.75, 3.05) is 120 Å². The van der Waals surface area contributed by atoms with Gasteiger partial charge in [0.2, 0.25) is 68.0 Å². The third kappa shape index (κ3) is 74.8. The largest absolute Gasteiger partial charge is 0.483 e. The zero-order valence-electron chi connectivity index (χ0n) is 69.5. The second-order valence-electron chi connectivity index (χ2n) is 20.2. The van der Waals surface area contributed by atoms with Crippen LogP contribution in [0.4, 0.5) is 0 Å². The molecule has 58 nitrogen and oxygen atoms in total. The van der Waals surface area contributed by atoms with Gasteiger partial charge in [-0.3, -0.25) is 99.5 Å². The van der Waals surface area contributed by atoms with E-state index in [9.17, 15) is 120 Å². The van der Waals surface area contributed by atoms with Gasteiger partial charge in [0.15, 0.2) is 11.8 Å². The highest BCUT2D eigenvalue weighted by Gasteiger charge is 2.80. The molecule has 2 rings (SSSR count). The van der Waals surface area contributed by atoms with Crippen LogP contribution in [0.1, 0.15) is 97.4 Å². The monoisotopic (exact) mass is 2020 g/mol. The highest BCUT2D eigenvalue weighted by atomic mass is 36.0. The molecule has 3 atom stereocenters. The van der Waals surface area contributed by atoms with Gasteiger partial charge in [0.1, 0.15) is 0 Å². The molecule has 0 aliphatic carbocycles. The molecule has 0 aromatic rings. The molecule has 68 heteroatoms. The average Bonchev–Trinajstić information content (AvgIpc) is 0.701. The number of halogens is 4. The van der Waals surface area contributed by atoms with Gasteiger partial charge in [-0.15, -0.1) is 0 Å². The summed E-state index contributed by atoms with van der Waals surface area (Å²) in [4.78, 5) is 222. The first kappa shape index (κ1) is 144. The number of ether oxygens (including phenoxy) is 2. The number of carboxylic acid groups (broad SMARTS) is 2. The molecule has 2 aliphatic rings. The predicted molar refractivity (Wildman–Crippen MR) is 444 cm³/mol. The van der Waals surface area contributed by atoms with Gasteiger partial charge in [-0.25, -0.2) is 47.4 Å². The fourth-order valence-corrected chi connectivity index (χ4v) is 8.38. The summed E-state index contributed by atoms with van der Waals surface area (Å²) in [6.45, 7) is 37.1. The topological polar surface area (TPSA) is 921 Å². The van der Waals surface area contributed by atoms with Crippen LogP contribution in [0.2, 0.25) is 0 Å². The number of nitrogens with one attached hydrogen (secondary N) is 12. The highest BCUT2D eigenvalue weighted by molar-refractivity contribution is 8.26. The van der Waals surface area contributed by atoms with Crippen molar-refractivity contribution in [2.45, 2.75) is 97.4 Å². The summed E-state index contributed by atoms with van der Waals surface area (Å²) in [5.41, 5.74) is 3.40. The Labute approximate surface area is 743 Å². The Kier molecular flexibility index (Phi) is 93.2. The second-order valence-corrected chi connectivity index (χ2v) is 29.0. The lowest BCUT2D eigenvalue weighted by atomic mass is 9.80. The standard InChI is InChI=1S/C8H14N4O10S2.C7H11ClN2O3.C7H13N3O6S.C7H12N2O4.3C6H15N.C5O6.CHClO.CH6N2.CH3NO4S.CH2O2.CH4.Cl2OS.H3NO3S/c1-3-10-5(14)8(4(13)9-2,6(15)11-23(17,18)19)7(16)12-24(20,21)22;1-3-10-7(13)4(5(8)11)6(12)9-2;1-3-9-6(12)4(5(11)8-2)7(13)10-17(14,15)16;1-3-9-6(11)4(7(12)13)5(10)8-2;3*1-4-7(5-2)6-3;6-1-5(2(7)10-1)3(8)11-4(5)9;2*2-1-3;3-1-2-7(4,5)6;2-1-3;;1-4(2)3;1-5(2,3)4/h3H2,1-2H3,(H,9,13)(H,10,14)(H,11,15)(H,12,16)(H,17,18,19)(H,20,21,22);4H,3H2,1-2H3,(H,9,12)(H,10,13);4H,3H2,1-2H3,(H,8,11)(H,9,12)(H,10,13)(H,14,15,16);4H,3H2,1-2H3,(H,8,10)(H,9,11)(H,12,13);3*4-6H2,1-3H3;;1H;1-3H2;1H,(H,2,3)(H,4,5,6);1H,(H,2,3);1H4;;(H3,1,2,3,4). The van der Waals surface area contributed by atoms with Gasteiger partial charge < -0.3 is 88.4 Å². The quantitative estimate of drug-likeness (QED) is 0.00765. The summed E-state index contributed by atoms with van der Waals surface area (Å²) in [6.07, 6.45) is -0.130. The van der Waals surface area contributed by atoms with Crippen molar-refractivity contribution in [3.63, 3.8) is 0 Å². The van der Waals surface area contributed by atoms with E-state index < -0.39 is 189 Å². The molecular weight excluding hydrogens is 1910 g/mol. The van der Waals surface area contributed by atoms with Crippen molar-refractivity contribution < 1.29 is 185 Å². The third-order valence-corrected chi connectivity index (χ3v) is 14.5. The number of carboxylic acids is 1.